The van der Waals surface area contributed by atoms with Crippen LogP contribution in [0.5, 0.6) is 17.5 Å². The number of para-hydroxylation sites is 2. The molecule has 3 aromatic carbocycles. The third kappa shape index (κ3) is 11.0. The second-order valence-electron chi connectivity index (χ2n) is 10.6. The van der Waals surface area contributed by atoms with E-state index in [1.807, 2.05) is 9.44 Å². The number of hydrogen-bond donors (Lipinski definition) is 4. The van der Waals surface area contributed by atoms with Gasteiger partial charge in [0.15, 0.2) is 0 Å². The highest BCUT2D eigenvalue weighted by Crippen LogP contribution is 2.24. The van der Waals surface area contributed by atoms with E-state index in [1.165, 1.54) is 62.8 Å². The molecule has 0 unspecified atom stereocenters. The van der Waals surface area contributed by atoms with Crippen molar-refractivity contribution in [3.63, 3.8) is 0 Å². The molecule has 17 nitrogen and oxygen atoms in total. The van der Waals surface area contributed by atoms with Gasteiger partial charge in [-0.25, -0.2) is 31.1 Å². The Labute approximate surface area is 304 Å². The molecule has 1 aliphatic carbocycles. The number of nitrogens with zero attached hydrogens (tertiary/aromatic N) is 3. The monoisotopic (exact) mass is 775 g/mol. The largest absolute Gasteiger partial charge is 0.496 e. The average Bonchev–Trinajstić information content (AvgIpc) is 3.94. The number of aryl methyl sites for hydroxylation is 1. The van der Waals surface area contributed by atoms with Crippen LogP contribution < -0.4 is 34.3 Å². The third-order valence-corrected chi connectivity index (χ3v) is 9.62. The van der Waals surface area contributed by atoms with Crippen LogP contribution in [-0.4, -0.2) is 82.4 Å². The van der Waals surface area contributed by atoms with Gasteiger partial charge in [-0.3, -0.25) is 14.9 Å². The number of urea groups is 1. The summed E-state index contributed by atoms with van der Waals surface area (Å²) in [5.41, 5.74) is 0.478. The van der Waals surface area contributed by atoms with Gasteiger partial charge in [0, 0.05) is 11.6 Å². The minimum Gasteiger partial charge on any atom is -0.496 e. The first-order chi connectivity index (χ1) is 24.8. The van der Waals surface area contributed by atoms with Crippen molar-refractivity contribution >= 4 is 55.4 Å². The molecule has 0 bridgehead atoms. The molecule has 0 spiro atoms. The van der Waals surface area contributed by atoms with E-state index in [4.69, 9.17) is 25.8 Å². The van der Waals surface area contributed by atoms with Crippen molar-refractivity contribution in [1.29, 1.82) is 0 Å². The van der Waals surface area contributed by atoms with Crippen LogP contribution in [0.4, 0.5) is 10.7 Å². The van der Waals surface area contributed by atoms with Crippen LogP contribution in [0.25, 0.3) is 0 Å². The molecule has 4 N–H and O–H groups in total. The van der Waals surface area contributed by atoms with Crippen LogP contribution in [0, 0.1) is 6.92 Å². The van der Waals surface area contributed by atoms with Gasteiger partial charge in [-0.2, -0.15) is 15.0 Å². The van der Waals surface area contributed by atoms with Crippen LogP contribution in [0.3, 0.4) is 0 Å². The predicted molar refractivity (Wildman–Crippen MR) is 188 cm³/mol. The van der Waals surface area contributed by atoms with Crippen LogP contribution >= 0.6 is 11.6 Å². The fourth-order valence-corrected chi connectivity index (χ4v) is 6.30. The number of sulfonamides is 2. The van der Waals surface area contributed by atoms with Crippen LogP contribution in [-0.2, 0) is 20.0 Å². The minimum atomic E-state index is -4.20. The maximum Gasteiger partial charge on any atom is 0.335 e. The van der Waals surface area contributed by atoms with E-state index in [9.17, 15) is 31.2 Å². The van der Waals surface area contributed by atoms with Crippen LogP contribution in [0.1, 0.15) is 39.4 Å². The number of carbonyl (C=O) groups is 3. The summed E-state index contributed by atoms with van der Waals surface area (Å²) < 4.78 is 68.8. The highest BCUT2D eigenvalue weighted by molar-refractivity contribution is 7.90. The summed E-state index contributed by atoms with van der Waals surface area (Å²) in [5, 5.41) is 5.04. The maximum absolute atomic E-state index is 12.4. The Balaban J connectivity index is 0.000000233. The highest BCUT2D eigenvalue weighted by atomic mass is 35.5. The molecule has 1 saturated carbocycles. The van der Waals surface area contributed by atoms with Gasteiger partial charge in [-0.1, -0.05) is 24.3 Å². The fraction of sp³-hybridized carbons (Fsp3) is 0.250. The van der Waals surface area contributed by atoms with E-state index in [0.29, 0.717) is 5.56 Å². The second kappa shape index (κ2) is 17.6. The van der Waals surface area contributed by atoms with Gasteiger partial charge in [0.2, 0.25) is 5.95 Å². The van der Waals surface area contributed by atoms with E-state index in [2.05, 4.69) is 25.6 Å². The lowest BCUT2D eigenvalue weighted by Crippen LogP contribution is -2.35. The van der Waals surface area contributed by atoms with Gasteiger partial charge in [0.1, 0.15) is 28.8 Å². The van der Waals surface area contributed by atoms with Crippen LogP contribution in [0.15, 0.2) is 82.6 Å². The number of halogens is 1. The summed E-state index contributed by atoms with van der Waals surface area (Å²) in [6.45, 7) is 1.68. The molecule has 0 saturated heterocycles. The molecule has 0 radical (unpaired) electrons. The number of aromatic nitrogens is 3. The predicted octanol–water partition coefficient (Wildman–Crippen LogP) is 3.02. The minimum absolute atomic E-state index is 0.0181. The normalized spacial score (nSPS) is 12.3. The summed E-state index contributed by atoms with van der Waals surface area (Å²) in [7, 11) is -5.53. The van der Waals surface area contributed by atoms with E-state index in [1.54, 1.807) is 31.2 Å². The SMILES string of the molecule is COc1ccccc1C(=O)NS(=O)(=O)c1ccc(C(=O)NC2CC2)cc1.COc1nc(C)nc(NC(=O)NS(=O)(=O)c2ccccc2OCCCl)n1. The first-order valence-corrected chi connectivity index (χ1v) is 18.8. The second-order valence-corrected chi connectivity index (χ2v) is 14.4. The molecule has 1 aliphatic rings. The van der Waals surface area contributed by atoms with E-state index in [-0.39, 0.29) is 69.1 Å². The molecule has 4 amide bonds. The van der Waals surface area contributed by atoms with Gasteiger partial charge in [-0.05, 0) is 68.3 Å². The standard InChI is InChI=1S/C18H18N2O5S.C14H16ClN5O5S/c1-25-16-5-3-2-4-15(16)18(22)20-26(23,24)14-10-6-12(7-11-14)17(21)19-13-8-9-13;1-9-16-12(19-14(17-9)24-2)18-13(21)20-26(22,23)11-6-4-3-5-10(11)25-8-7-15/h2-7,10-11,13H,8-9H2,1H3,(H,19,21)(H,20,22);3-6H,7-8H2,1-2H3,(H2,16,17,18,19,20,21). The lowest BCUT2D eigenvalue weighted by molar-refractivity contribution is 0.0948. The molecular formula is C32H34ClN7O10S2. The first kappa shape index (κ1) is 39.3. The summed E-state index contributed by atoms with van der Waals surface area (Å²) >= 11 is 5.55. The molecule has 4 aromatic rings. The number of anilines is 1. The number of ether oxygens (including phenoxy) is 3. The van der Waals surface area contributed by atoms with Gasteiger partial charge >= 0.3 is 12.0 Å². The summed E-state index contributed by atoms with van der Waals surface area (Å²) in [5.74, 6) is -0.377. The van der Waals surface area contributed by atoms with Crippen molar-refractivity contribution < 1.29 is 45.4 Å². The molecule has 1 heterocycles. The highest BCUT2D eigenvalue weighted by Gasteiger charge is 2.25. The Kier molecular flexibility index (Phi) is 13.3. The number of nitrogens with one attached hydrogen (secondary N) is 4. The maximum atomic E-state index is 12.4. The zero-order valence-corrected chi connectivity index (χ0v) is 30.3. The summed E-state index contributed by atoms with van der Waals surface area (Å²) in [6.07, 6.45) is 1.93. The van der Waals surface area contributed by atoms with Gasteiger partial charge in [-0.15, -0.1) is 11.6 Å². The molecule has 276 valence electrons. The van der Waals surface area contributed by atoms with E-state index in [0.717, 1.165) is 12.8 Å². The van der Waals surface area contributed by atoms with Crippen LogP contribution in [0.2, 0.25) is 0 Å². The smallest absolute Gasteiger partial charge is 0.335 e. The number of rotatable bonds is 13. The van der Waals surface area contributed by atoms with Crippen molar-refractivity contribution in [3.05, 3.63) is 89.7 Å². The van der Waals surface area contributed by atoms with E-state index >= 15 is 0 Å². The quantitative estimate of drug-likeness (QED) is 0.143. The molecular weight excluding hydrogens is 742 g/mol. The number of methoxy groups -OCH3 is 2. The number of benzene rings is 3. The molecule has 0 aliphatic heterocycles. The number of amides is 4. The van der Waals surface area contributed by atoms with Crippen molar-refractivity contribution in [2.75, 3.05) is 32.0 Å². The Hall–Kier alpha value is -5.53. The zero-order chi connectivity index (χ0) is 37.9. The van der Waals surface area contributed by atoms with Gasteiger partial charge < -0.3 is 19.5 Å². The number of hydrogen-bond acceptors (Lipinski definition) is 13. The van der Waals surface area contributed by atoms with E-state index < -0.39 is 32.0 Å². The molecule has 20 heteroatoms. The third-order valence-electron chi connectivity index (χ3n) is 6.75. The summed E-state index contributed by atoms with van der Waals surface area (Å²) in [6, 6.07) is 16.7. The molecule has 1 fully saturated rings. The van der Waals surface area contributed by atoms with Crippen molar-refractivity contribution in [3.8, 4) is 17.5 Å². The topological polar surface area (TPSA) is 234 Å². The Morgan fingerprint density at radius 2 is 1.44 bits per heavy atom. The number of carbonyl (C=O) groups excluding carboxylic acids is 3. The first-order valence-electron chi connectivity index (χ1n) is 15.3. The Morgan fingerprint density at radius 1 is 0.788 bits per heavy atom. The average molecular weight is 776 g/mol. The molecule has 52 heavy (non-hydrogen) atoms. The van der Waals surface area contributed by atoms with Gasteiger partial charge in [0.05, 0.1) is 30.6 Å². The van der Waals surface area contributed by atoms with Crippen molar-refractivity contribution in [2.24, 2.45) is 0 Å². The lowest BCUT2D eigenvalue weighted by Gasteiger charge is -2.12. The zero-order valence-electron chi connectivity index (χ0n) is 28.0. The molecule has 5 rings (SSSR count). The Bertz CT molecular complexity index is 2130. The molecule has 1 aromatic heterocycles. The lowest BCUT2D eigenvalue weighted by atomic mass is 10.2. The molecule has 0 atom stereocenters. The van der Waals surface area contributed by atoms with Crippen molar-refractivity contribution in [1.82, 2.24) is 29.7 Å². The van der Waals surface area contributed by atoms with Gasteiger partial charge in [0.25, 0.3) is 31.9 Å². The van der Waals surface area contributed by atoms with Crippen molar-refractivity contribution in [2.45, 2.75) is 35.6 Å². The fourth-order valence-electron chi connectivity index (χ4n) is 4.20. The Morgan fingerprint density at radius 3 is 2.08 bits per heavy atom. The number of alkyl halides is 1. The summed E-state index contributed by atoms with van der Waals surface area (Å²) in [4.78, 5) is 47.5.